The molecule has 2 saturated carbocycles. The highest BCUT2D eigenvalue weighted by atomic mass is 16.4. The number of fused-ring (bicyclic) bond motifs is 1. The van der Waals surface area contributed by atoms with E-state index in [-0.39, 0.29) is 17.3 Å². The quantitative estimate of drug-likeness (QED) is 0.520. The van der Waals surface area contributed by atoms with Gasteiger partial charge in [-0.15, -0.1) is 0 Å². The average molecular weight is 350 g/mol. The van der Waals surface area contributed by atoms with Gasteiger partial charge in [-0.05, 0) is 69.6 Å². The van der Waals surface area contributed by atoms with Crippen molar-refractivity contribution >= 4 is 11.9 Å². The van der Waals surface area contributed by atoms with Gasteiger partial charge in [-0.1, -0.05) is 24.6 Å². The lowest BCUT2D eigenvalue weighted by Crippen LogP contribution is -2.56. The molecule has 2 fully saturated rings. The Labute approximate surface area is 149 Å². The zero-order valence-corrected chi connectivity index (χ0v) is 15.4. The van der Waals surface area contributed by atoms with Crippen molar-refractivity contribution in [2.45, 2.75) is 65.4 Å². The summed E-state index contributed by atoms with van der Waals surface area (Å²) in [6.07, 6.45) is 4.42. The number of rotatable bonds is 5. The van der Waals surface area contributed by atoms with Gasteiger partial charge in [0.2, 0.25) is 0 Å². The van der Waals surface area contributed by atoms with Gasteiger partial charge < -0.3 is 15.3 Å². The molecule has 25 heavy (non-hydrogen) atoms. The van der Waals surface area contributed by atoms with Crippen molar-refractivity contribution in [3.63, 3.8) is 0 Å². The number of carboxylic acid groups (broad SMARTS) is 2. The van der Waals surface area contributed by atoms with Crippen molar-refractivity contribution in [3.05, 3.63) is 23.8 Å². The molecule has 2 aliphatic carbocycles. The Kier molecular flexibility index (Phi) is 5.47. The molecule has 0 unspecified atom stereocenters. The van der Waals surface area contributed by atoms with Crippen LogP contribution in [0.3, 0.4) is 0 Å². The third kappa shape index (κ3) is 3.66. The number of aliphatic hydroxyl groups excluding tert-OH is 1. The zero-order chi connectivity index (χ0) is 19.0. The fraction of sp³-hybridized carbons (Fsp3) is 0.700. The summed E-state index contributed by atoms with van der Waals surface area (Å²) >= 11 is 0. The van der Waals surface area contributed by atoms with Crippen LogP contribution in [0.25, 0.3) is 0 Å². The number of allylic oxidation sites excluding steroid dienone is 2. The van der Waals surface area contributed by atoms with E-state index in [1.165, 1.54) is 6.08 Å². The van der Waals surface area contributed by atoms with E-state index in [9.17, 15) is 19.8 Å². The highest BCUT2D eigenvalue weighted by Crippen LogP contribution is 2.62. The molecule has 0 aromatic heterocycles. The molecule has 0 aromatic carbocycles. The molecule has 5 atom stereocenters. The molecule has 5 nitrogen and oxygen atoms in total. The van der Waals surface area contributed by atoms with Crippen LogP contribution in [0.1, 0.15) is 59.3 Å². The van der Waals surface area contributed by atoms with Gasteiger partial charge in [-0.2, -0.15) is 0 Å². The summed E-state index contributed by atoms with van der Waals surface area (Å²) in [5, 5.41) is 29.1. The van der Waals surface area contributed by atoms with E-state index in [0.29, 0.717) is 19.3 Å². The topological polar surface area (TPSA) is 94.8 Å². The fourth-order valence-electron chi connectivity index (χ4n) is 5.51. The van der Waals surface area contributed by atoms with Crippen molar-refractivity contribution < 1.29 is 24.9 Å². The molecule has 2 aliphatic rings. The second-order valence-corrected chi connectivity index (χ2v) is 8.46. The summed E-state index contributed by atoms with van der Waals surface area (Å²) in [7, 11) is 0. The Hall–Kier alpha value is -1.62. The van der Waals surface area contributed by atoms with Crippen molar-refractivity contribution in [1.29, 1.82) is 0 Å². The Morgan fingerprint density at radius 2 is 1.92 bits per heavy atom. The molecule has 0 heterocycles. The molecule has 0 spiro atoms. The van der Waals surface area contributed by atoms with E-state index in [4.69, 9.17) is 5.11 Å². The second kappa shape index (κ2) is 6.94. The van der Waals surface area contributed by atoms with Gasteiger partial charge in [-0.3, -0.25) is 4.79 Å². The Morgan fingerprint density at radius 3 is 2.48 bits per heavy atom. The lowest BCUT2D eigenvalue weighted by atomic mass is 9.46. The molecule has 140 valence electrons. The minimum Gasteiger partial charge on any atom is -0.481 e. The molecule has 0 radical (unpaired) electrons. The molecule has 0 amide bonds. The Bertz CT molecular complexity index is 607. The normalized spacial score (nSPS) is 39.0. The summed E-state index contributed by atoms with van der Waals surface area (Å²) in [4.78, 5) is 22.8. The van der Waals surface area contributed by atoms with Crippen molar-refractivity contribution in [1.82, 2.24) is 0 Å². The van der Waals surface area contributed by atoms with E-state index in [1.807, 2.05) is 0 Å². The predicted octanol–water partition coefficient (Wildman–Crippen LogP) is 3.63. The number of aliphatic carboxylic acids is 2. The first kappa shape index (κ1) is 19.7. The highest BCUT2D eigenvalue weighted by molar-refractivity contribution is 5.80. The maximum absolute atomic E-state index is 12.0. The van der Waals surface area contributed by atoms with E-state index >= 15 is 0 Å². The minimum absolute atomic E-state index is 0.0137. The van der Waals surface area contributed by atoms with E-state index in [0.717, 1.165) is 30.4 Å². The van der Waals surface area contributed by atoms with Gasteiger partial charge >= 0.3 is 11.9 Å². The van der Waals surface area contributed by atoms with Gasteiger partial charge in [-0.25, -0.2) is 4.79 Å². The van der Waals surface area contributed by atoms with Gasteiger partial charge in [0, 0.05) is 6.08 Å². The first-order valence-corrected chi connectivity index (χ1v) is 9.00. The molecular weight excluding hydrogens is 320 g/mol. The third-order valence-electron chi connectivity index (χ3n) is 6.63. The average Bonchev–Trinajstić information content (AvgIpc) is 2.44. The molecule has 3 N–H and O–H groups in total. The molecule has 0 aliphatic heterocycles. The standard InChI is InChI=1S/C20H30O5/c1-12(9-17(22)23)5-7-15-13(2)6-8-16-19(15,3)10-14(21)11-20(16,4)18(24)25/h9,14-16,21H,2,5-8,10-11H2,1,3-4H3,(H,22,23)(H,24,25)/b12-9+/t14-,15+,16+,19+,20+/m0/s1. The van der Waals surface area contributed by atoms with Crippen molar-refractivity contribution in [2.75, 3.05) is 0 Å². The van der Waals surface area contributed by atoms with Crippen LogP contribution in [0, 0.1) is 22.7 Å². The Morgan fingerprint density at radius 1 is 1.28 bits per heavy atom. The second-order valence-electron chi connectivity index (χ2n) is 8.46. The van der Waals surface area contributed by atoms with Crippen LogP contribution in [-0.2, 0) is 9.59 Å². The molecule has 0 saturated heterocycles. The summed E-state index contributed by atoms with van der Waals surface area (Å²) in [6.45, 7) is 9.88. The maximum Gasteiger partial charge on any atom is 0.328 e. The number of hydrogen-bond acceptors (Lipinski definition) is 3. The lowest BCUT2D eigenvalue weighted by molar-refractivity contribution is -0.173. The SMILES string of the molecule is C=C1CC[C@@H]2[C@](C)(C[C@H](O)C[C@@]2(C)C(=O)O)[C@@H]1CC/C(C)=C/C(=O)O. The number of carbonyl (C=O) groups is 2. The van der Waals surface area contributed by atoms with Crippen molar-refractivity contribution in [3.8, 4) is 0 Å². The van der Waals surface area contributed by atoms with Gasteiger partial charge in [0.25, 0.3) is 0 Å². The fourth-order valence-corrected chi connectivity index (χ4v) is 5.51. The molecule has 0 bridgehead atoms. The third-order valence-corrected chi connectivity index (χ3v) is 6.63. The summed E-state index contributed by atoms with van der Waals surface area (Å²) in [5.74, 6) is -1.71. The molecule has 5 heteroatoms. The maximum atomic E-state index is 12.0. The largest absolute Gasteiger partial charge is 0.481 e. The van der Waals surface area contributed by atoms with Crippen LogP contribution < -0.4 is 0 Å². The Balaban J connectivity index is 2.31. The first-order valence-electron chi connectivity index (χ1n) is 9.00. The molecule has 2 rings (SSSR count). The van der Waals surface area contributed by atoms with Gasteiger partial charge in [0.05, 0.1) is 11.5 Å². The van der Waals surface area contributed by atoms with Crippen LogP contribution >= 0.6 is 0 Å². The summed E-state index contributed by atoms with van der Waals surface area (Å²) in [5.41, 5.74) is 0.633. The van der Waals surface area contributed by atoms with Gasteiger partial charge in [0.1, 0.15) is 0 Å². The van der Waals surface area contributed by atoms with Crippen molar-refractivity contribution in [2.24, 2.45) is 22.7 Å². The summed E-state index contributed by atoms with van der Waals surface area (Å²) in [6, 6.07) is 0. The lowest BCUT2D eigenvalue weighted by Gasteiger charge is -2.58. The first-order chi connectivity index (χ1) is 11.5. The monoisotopic (exact) mass is 350 g/mol. The molecular formula is C20H30O5. The van der Waals surface area contributed by atoms with Crippen LogP contribution in [0.15, 0.2) is 23.8 Å². The zero-order valence-electron chi connectivity index (χ0n) is 15.4. The number of hydrogen-bond donors (Lipinski definition) is 3. The summed E-state index contributed by atoms with van der Waals surface area (Å²) < 4.78 is 0. The van der Waals surface area contributed by atoms with E-state index in [1.54, 1.807) is 13.8 Å². The molecule has 0 aromatic rings. The van der Waals surface area contributed by atoms with Crippen LogP contribution in [0.2, 0.25) is 0 Å². The predicted molar refractivity (Wildman–Crippen MR) is 95.1 cm³/mol. The number of aliphatic hydroxyl groups is 1. The van der Waals surface area contributed by atoms with Gasteiger partial charge in [0.15, 0.2) is 0 Å². The highest BCUT2D eigenvalue weighted by Gasteiger charge is 2.59. The van der Waals surface area contributed by atoms with E-state index in [2.05, 4.69) is 13.5 Å². The van der Waals surface area contributed by atoms with Crippen LogP contribution in [0.5, 0.6) is 0 Å². The van der Waals surface area contributed by atoms with E-state index < -0.39 is 23.5 Å². The van der Waals surface area contributed by atoms with Crippen LogP contribution in [-0.4, -0.2) is 33.4 Å². The number of carboxylic acids is 2. The minimum atomic E-state index is -0.949. The van der Waals surface area contributed by atoms with Crippen LogP contribution in [0.4, 0.5) is 0 Å². The smallest absolute Gasteiger partial charge is 0.328 e.